The number of aryl methyl sites for hydroxylation is 5. The number of carbonyl (C=O) groups excluding carboxylic acids is 2. The molecule has 365 valence electrons. The van der Waals surface area contributed by atoms with Gasteiger partial charge in [-0.25, -0.2) is 0 Å². The summed E-state index contributed by atoms with van der Waals surface area (Å²) in [5, 5.41) is 20.3. The minimum Gasteiger partial charge on any atom is -0.512 e. The van der Waals surface area contributed by atoms with Gasteiger partial charge < -0.3 is 10.2 Å². The minimum atomic E-state index is -0.125. The number of ketones is 2. The van der Waals surface area contributed by atoms with Crippen molar-refractivity contribution in [2.24, 2.45) is 0 Å². The Hall–Kier alpha value is -6.08. The van der Waals surface area contributed by atoms with E-state index in [-0.39, 0.29) is 83.4 Å². The van der Waals surface area contributed by atoms with E-state index in [1.54, 1.807) is 0 Å². The summed E-state index contributed by atoms with van der Waals surface area (Å²) in [4.78, 5) is 34.1. The molecule has 0 saturated heterocycles. The molecule has 0 aliphatic heterocycles. The van der Waals surface area contributed by atoms with Crippen molar-refractivity contribution in [1.82, 2.24) is 15.0 Å². The van der Waals surface area contributed by atoms with Crippen molar-refractivity contribution in [2.45, 2.75) is 62.3 Å². The molecule has 0 atom stereocenters. The molecule has 9 rings (SSSR count). The Morgan fingerprint density at radius 3 is 1.41 bits per heavy atom. The summed E-state index contributed by atoms with van der Waals surface area (Å²) in [6.45, 7) is 16.1. The maximum absolute atomic E-state index is 10.0. The predicted octanol–water partition coefficient (Wildman–Crippen LogP) is 14.7. The standard InChI is InChI=1S/2C17H14N.C16H12N.2C5H8O2.3Ir/c1-12-7-9-14(10-8-12)17-13(2)11-15-5-3-4-6-16(15)18-17;1-12-9-13(2)11-15(10-12)17-8-7-14-5-3-4-6-16(14)18-17;1-12-5-4-7-14(11-12)16-10-9-13-6-2-3-8-15(13)17-16;2*1-4(6)3-5(2)7;;;/h3-9,11H,1-2H3;3-10H,1-2H3;2-6,8-11H,1H3;2*3,6H,1-2H3;;;/q3*-1;;;;;. The van der Waals surface area contributed by atoms with Crippen LogP contribution in [0.3, 0.4) is 0 Å². The first-order valence-electron chi connectivity index (χ1n) is 21.9. The number of nitrogens with zero attached hydrogens (tertiary/aromatic N) is 3. The fraction of sp³-hybridized carbons (Fsp3) is 0.150. The molecule has 10 heteroatoms. The van der Waals surface area contributed by atoms with E-state index in [0.29, 0.717) is 0 Å². The van der Waals surface area contributed by atoms with Crippen molar-refractivity contribution >= 4 is 44.3 Å². The molecule has 6 aromatic carbocycles. The Balaban J connectivity index is 0.000000312. The van der Waals surface area contributed by atoms with Gasteiger partial charge in [-0.15, -0.1) is 106 Å². The fourth-order valence-electron chi connectivity index (χ4n) is 6.93. The molecule has 0 saturated carbocycles. The van der Waals surface area contributed by atoms with Crippen molar-refractivity contribution in [3.8, 4) is 33.8 Å². The molecule has 3 radical (unpaired) electrons. The number of rotatable bonds is 5. The zero-order valence-corrected chi connectivity index (χ0v) is 47.8. The van der Waals surface area contributed by atoms with Crippen LogP contribution in [0, 0.1) is 52.8 Å². The topological polar surface area (TPSA) is 113 Å². The van der Waals surface area contributed by atoms with Crippen LogP contribution in [0.15, 0.2) is 175 Å². The number of fused-ring (bicyclic) bond motifs is 3. The zero-order chi connectivity index (χ0) is 48.5. The van der Waals surface area contributed by atoms with Crippen molar-refractivity contribution in [3.63, 3.8) is 0 Å². The first-order chi connectivity index (χ1) is 32.0. The van der Waals surface area contributed by atoms with E-state index in [9.17, 15) is 9.59 Å². The smallest absolute Gasteiger partial charge is 0.155 e. The summed E-state index contributed by atoms with van der Waals surface area (Å²) in [6, 6.07) is 61.5. The SMILES string of the molecule is CC(=O)C=C(C)O.CC(=O)C=C(C)O.Cc1[c-]c(-c2ccc3ccccc3n2)cc(C)c1.Cc1c[c-]c(-c2nc3ccccc3cc2C)cc1.Cc1cc[c-]c(-c2ccc3ccccc3n2)c1.[Ir].[Ir].[Ir]. The van der Waals surface area contributed by atoms with Crippen LogP contribution in [-0.4, -0.2) is 36.7 Å². The van der Waals surface area contributed by atoms with Crippen LogP contribution in [-0.2, 0) is 69.9 Å². The molecular formula is C60H56Ir3N3O4-3. The Labute approximate surface area is 453 Å². The Morgan fingerprint density at radius 2 is 0.957 bits per heavy atom. The molecule has 7 nitrogen and oxygen atoms in total. The third-order valence-electron chi connectivity index (χ3n) is 9.82. The van der Waals surface area contributed by atoms with Gasteiger partial charge in [0.25, 0.3) is 0 Å². The number of benzene rings is 6. The monoisotopic (exact) mass is 1460 g/mol. The Kier molecular flexibility index (Phi) is 25.6. The third kappa shape index (κ3) is 19.4. The van der Waals surface area contributed by atoms with E-state index in [2.05, 4.69) is 131 Å². The number of aliphatic hydroxyl groups is 2. The molecule has 0 spiro atoms. The van der Waals surface area contributed by atoms with Gasteiger partial charge >= 0.3 is 0 Å². The van der Waals surface area contributed by atoms with Crippen LogP contribution in [0.5, 0.6) is 0 Å². The van der Waals surface area contributed by atoms with E-state index in [1.165, 1.54) is 78.3 Å². The van der Waals surface area contributed by atoms with Crippen LogP contribution in [0.2, 0.25) is 0 Å². The maximum Gasteiger partial charge on any atom is 0.155 e. The molecule has 0 aliphatic carbocycles. The molecule has 0 amide bonds. The van der Waals surface area contributed by atoms with Gasteiger partial charge in [0.2, 0.25) is 0 Å². The van der Waals surface area contributed by atoms with Crippen LogP contribution in [0.4, 0.5) is 0 Å². The van der Waals surface area contributed by atoms with Gasteiger partial charge in [0, 0.05) is 72.5 Å². The van der Waals surface area contributed by atoms with Gasteiger partial charge in [0.15, 0.2) is 11.6 Å². The molecule has 3 aromatic heterocycles. The van der Waals surface area contributed by atoms with E-state index in [4.69, 9.17) is 20.2 Å². The van der Waals surface area contributed by atoms with Crippen LogP contribution < -0.4 is 0 Å². The average Bonchev–Trinajstić information content (AvgIpc) is 3.28. The number of carbonyl (C=O) groups is 2. The van der Waals surface area contributed by atoms with Gasteiger partial charge in [-0.3, -0.25) is 24.5 Å². The van der Waals surface area contributed by atoms with E-state index >= 15 is 0 Å². The molecule has 0 fully saturated rings. The number of hydrogen-bond acceptors (Lipinski definition) is 7. The Bertz CT molecular complexity index is 3150. The van der Waals surface area contributed by atoms with Gasteiger partial charge in [0.05, 0.1) is 28.1 Å². The number of aromatic nitrogens is 3. The van der Waals surface area contributed by atoms with E-state index in [1.807, 2.05) is 78.9 Å². The van der Waals surface area contributed by atoms with Crippen molar-refractivity contribution in [3.05, 3.63) is 221 Å². The molecular weight excluding hydrogens is 1400 g/mol. The number of para-hydroxylation sites is 3. The zero-order valence-electron chi connectivity index (χ0n) is 40.6. The quantitative estimate of drug-likeness (QED) is 0.100. The Morgan fingerprint density at radius 1 is 0.471 bits per heavy atom. The second-order valence-corrected chi connectivity index (χ2v) is 16.2. The fourth-order valence-corrected chi connectivity index (χ4v) is 6.93. The molecule has 3 heterocycles. The number of pyridine rings is 3. The first kappa shape index (κ1) is 60.0. The summed E-state index contributed by atoms with van der Waals surface area (Å²) in [5.41, 5.74) is 15.3. The molecule has 0 aliphatic rings. The second-order valence-electron chi connectivity index (χ2n) is 16.2. The van der Waals surface area contributed by atoms with Gasteiger partial charge in [0.1, 0.15) is 0 Å². The number of hydrogen-bond donors (Lipinski definition) is 2. The first-order valence-corrected chi connectivity index (χ1v) is 21.9. The average molecular weight is 1460 g/mol. The van der Waals surface area contributed by atoms with Crippen molar-refractivity contribution in [2.75, 3.05) is 0 Å². The van der Waals surface area contributed by atoms with Gasteiger partial charge in [-0.1, -0.05) is 118 Å². The van der Waals surface area contributed by atoms with E-state index in [0.717, 1.165) is 55.9 Å². The number of aliphatic hydroxyl groups excluding tert-OH is 2. The summed E-state index contributed by atoms with van der Waals surface area (Å²) < 4.78 is 0. The number of allylic oxidation sites excluding steroid dienone is 4. The summed E-state index contributed by atoms with van der Waals surface area (Å²) in [5.74, 6) is -0.125. The molecule has 0 bridgehead atoms. The molecule has 0 unspecified atom stereocenters. The second kappa shape index (κ2) is 29.8. The van der Waals surface area contributed by atoms with Crippen LogP contribution in [0.25, 0.3) is 66.5 Å². The molecule has 9 aromatic rings. The third-order valence-corrected chi connectivity index (χ3v) is 9.82. The van der Waals surface area contributed by atoms with Gasteiger partial charge in [-0.05, 0) is 86.1 Å². The molecule has 70 heavy (non-hydrogen) atoms. The van der Waals surface area contributed by atoms with Crippen LogP contribution in [0.1, 0.15) is 55.5 Å². The summed E-state index contributed by atoms with van der Waals surface area (Å²) in [6.07, 6.45) is 2.33. The predicted molar refractivity (Wildman–Crippen MR) is 276 cm³/mol. The van der Waals surface area contributed by atoms with E-state index < -0.39 is 0 Å². The largest absolute Gasteiger partial charge is 0.512 e. The maximum atomic E-state index is 10.0. The molecule has 2 N–H and O–H groups in total. The van der Waals surface area contributed by atoms with Crippen molar-refractivity contribution in [1.29, 1.82) is 0 Å². The van der Waals surface area contributed by atoms with Crippen molar-refractivity contribution < 1.29 is 80.1 Å². The normalized spacial score (nSPS) is 10.4. The summed E-state index contributed by atoms with van der Waals surface area (Å²) >= 11 is 0. The summed E-state index contributed by atoms with van der Waals surface area (Å²) in [7, 11) is 0. The van der Waals surface area contributed by atoms with Crippen LogP contribution >= 0.6 is 0 Å². The minimum absolute atomic E-state index is 0. The van der Waals surface area contributed by atoms with Gasteiger partial charge in [-0.2, -0.15) is 0 Å².